The number of rotatable bonds is 13. The fraction of sp³-hybridized carbons (Fsp3) is 0.652. The fourth-order valence-corrected chi connectivity index (χ4v) is 3.01. The topological polar surface area (TPSA) is 52.6 Å². The highest BCUT2D eigenvalue weighted by Crippen LogP contribution is 2.13. The molecule has 0 bridgehead atoms. The van der Waals surface area contributed by atoms with Gasteiger partial charge in [-0.05, 0) is 49.9 Å². The van der Waals surface area contributed by atoms with Crippen LogP contribution in [0.1, 0.15) is 99.8 Å². The molecule has 1 unspecified atom stereocenters. The van der Waals surface area contributed by atoms with Crippen molar-refractivity contribution >= 4 is 11.9 Å². The average Bonchev–Trinajstić information content (AvgIpc) is 2.63. The third kappa shape index (κ3) is 10.2. The summed E-state index contributed by atoms with van der Waals surface area (Å²) in [5, 5.41) is 0. The van der Waals surface area contributed by atoms with Gasteiger partial charge in [0, 0.05) is 0 Å². The van der Waals surface area contributed by atoms with Crippen molar-refractivity contribution in [1.29, 1.82) is 0 Å². The Morgan fingerprint density at radius 2 is 1.33 bits per heavy atom. The summed E-state index contributed by atoms with van der Waals surface area (Å²) < 4.78 is 10.7. The second-order valence-electron chi connectivity index (χ2n) is 7.68. The molecule has 4 heteroatoms. The molecule has 0 aliphatic heterocycles. The van der Waals surface area contributed by atoms with Crippen LogP contribution in [-0.4, -0.2) is 24.6 Å². The van der Waals surface area contributed by atoms with E-state index in [0.717, 1.165) is 19.3 Å². The molecule has 0 aliphatic rings. The molecular weight excluding hydrogens is 340 g/mol. The van der Waals surface area contributed by atoms with E-state index in [1.165, 1.54) is 32.1 Å². The fourth-order valence-electron chi connectivity index (χ4n) is 3.01. The number of carbonyl (C=O) groups excluding carboxylic acids is 2. The van der Waals surface area contributed by atoms with E-state index in [-0.39, 0.29) is 18.0 Å². The van der Waals surface area contributed by atoms with E-state index < -0.39 is 0 Å². The maximum Gasteiger partial charge on any atom is 0.338 e. The minimum absolute atomic E-state index is 0.121. The smallest absolute Gasteiger partial charge is 0.338 e. The van der Waals surface area contributed by atoms with Crippen LogP contribution in [0.25, 0.3) is 0 Å². The summed E-state index contributed by atoms with van der Waals surface area (Å²) in [5.41, 5.74) is 0.916. The van der Waals surface area contributed by atoms with Crippen LogP contribution < -0.4 is 0 Å². The van der Waals surface area contributed by atoms with Crippen LogP contribution in [-0.2, 0) is 9.47 Å². The van der Waals surface area contributed by atoms with Gasteiger partial charge in [0.15, 0.2) is 0 Å². The first-order valence-electron chi connectivity index (χ1n) is 10.4. The van der Waals surface area contributed by atoms with Gasteiger partial charge in [0.05, 0.1) is 23.8 Å². The highest BCUT2D eigenvalue weighted by Gasteiger charge is 2.14. The summed E-state index contributed by atoms with van der Waals surface area (Å²) in [6, 6.07) is 6.48. The third-order valence-corrected chi connectivity index (χ3v) is 4.45. The molecule has 27 heavy (non-hydrogen) atoms. The van der Waals surface area contributed by atoms with Crippen molar-refractivity contribution in [2.45, 2.75) is 85.2 Å². The van der Waals surface area contributed by atoms with E-state index >= 15 is 0 Å². The Bertz CT molecular complexity index is 548. The van der Waals surface area contributed by atoms with Crippen molar-refractivity contribution in [3.8, 4) is 0 Å². The van der Waals surface area contributed by atoms with Crippen molar-refractivity contribution in [2.75, 3.05) is 6.61 Å². The number of ether oxygens (including phenoxy) is 2. The summed E-state index contributed by atoms with van der Waals surface area (Å²) >= 11 is 0. The lowest BCUT2D eigenvalue weighted by Crippen LogP contribution is -2.17. The molecule has 4 nitrogen and oxygen atoms in total. The van der Waals surface area contributed by atoms with Crippen LogP contribution in [0.15, 0.2) is 24.3 Å². The Morgan fingerprint density at radius 3 is 1.89 bits per heavy atom. The van der Waals surface area contributed by atoms with Crippen LogP contribution in [0.2, 0.25) is 0 Å². The van der Waals surface area contributed by atoms with Gasteiger partial charge in [0.25, 0.3) is 0 Å². The van der Waals surface area contributed by atoms with E-state index in [2.05, 4.69) is 20.8 Å². The Labute approximate surface area is 164 Å². The first-order valence-corrected chi connectivity index (χ1v) is 10.4. The summed E-state index contributed by atoms with van der Waals surface area (Å²) in [6.07, 6.45) is 9.01. The predicted octanol–water partition coefficient (Wildman–Crippen LogP) is 6.19. The first-order chi connectivity index (χ1) is 12.9. The number of hydrogen-bond acceptors (Lipinski definition) is 4. The van der Waals surface area contributed by atoms with Gasteiger partial charge in [-0.1, -0.05) is 59.3 Å². The van der Waals surface area contributed by atoms with Crippen LogP contribution in [0.3, 0.4) is 0 Å². The average molecular weight is 377 g/mol. The lowest BCUT2D eigenvalue weighted by atomic mass is 10.1. The monoisotopic (exact) mass is 376 g/mol. The molecule has 0 saturated heterocycles. The summed E-state index contributed by atoms with van der Waals surface area (Å²) in [5.74, 6) is -0.221. The SMILES string of the molecule is CCCCCCCCCOC(=O)c1ccc(C(=O)OC(C)CC(C)C)cc1. The van der Waals surface area contributed by atoms with Gasteiger partial charge in [0.1, 0.15) is 0 Å². The molecule has 0 fully saturated rings. The molecule has 0 saturated carbocycles. The van der Waals surface area contributed by atoms with Crippen molar-refractivity contribution in [1.82, 2.24) is 0 Å². The summed E-state index contributed by atoms with van der Waals surface area (Å²) in [6.45, 7) is 8.74. The Hall–Kier alpha value is -1.84. The van der Waals surface area contributed by atoms with Crippen LogP contribution in [0.5, 0.6) is 0 Å². The van der Waals surface area contributed by atoms with Crippen molar-refractivity contribution in [2.24, 2.45) is 5.92 Å². The minimum atomic E-state index is -0.355. The predicted molar refractivity (Wildman–Crippen MR) is 109 cm³/mol. The molecule has 1 aromatic carbocycles. The molecule has 1 aromatic rings. The molecule has 0 amide bonds. The van der Waals surface area contributed by atoms with Crippen molar-refractivity contribution < 1.29 is 19.1 Å². The summed E-state index contributed by atoms with van der Waals surface area (Å²) in [4.78, 5) is 24.2. The number of carbonyl (C=O) groups is 2. The molecule has 0 radical (unpaired) electrons. The van der Waals surface area contributed by atoms with Gasteiger partial charge in [-0.15, -0.1) is 0 Å². The van der Waals surface area contributed by atoms with E-state index in [4.69, 9.17) is 9.47 Å². The second kappa shape index (κ2) is 13.3. The van der Waals surface area contributed by atoms with Crippen molar-refractivity contribution in [3.63, 3.8) is 0 Å². The Kier molecular flexibility index (Phi) is 11.5. The zero-order valence-corrected chi connectivity index (χ0v) is 17.5. The zero-order valence-electron chi connectivity index (χ0n) is 17.5. The highest BCUT2D eigenvalue weighted by atomic mass is 16.5. The van der Waals surface area contributed by atoms with Gasteiger partial charge >= 0.3 is 11.9 Å². The molecule has 1 atom stereocenters. The first kappa shape index (κ1) is 23.2. The highest BCUT2D eigenvalue weighted by molar-refractivity contribution is 5.93. The number of esters is 2. The Morgan fingerprint density at radius 1 is 0.815 bits per heavy atom. The van der Waals surface area contributed by atoms with E-state index in [1.807, 2.05) is 6.92 Å². The maximum absolute atomic E-state index is 12.1. The molecule has 0 aliphatic carbocycles. The standard InChI is InChI=1S/C23H36O4/c1-5-6-7-8-9-10-11-16-26-22(24)20-12-14-21(15-13-20)23(25)27-19(4)17-18(2)3/h12-15,18-19H,5-11,16-17H2,1-4H3. The van der Waals surface area contributed by atoms with Gasteiger partial charge in [-0.3, -0.25) is 0 Å². The third-order valence-electron chi connectivity index (χ3n) is 4.45. The molecule has 0 aromatic heterocycles. The maximum atomic E-state index is 12.1. The molecule has 1 rings (SSSR count). The van der Waals surface area contributed by atoms with Gasteiger partial charge in [-0.25, -0.2) is 9.59 Å². The normalized spacial score (nSPS) is 12.0. The van der Waals surface area contributed by atoms with Gasteiger partial charge in [-0.2, -0.15) is 0 Å². The second-order valence-corrected chi connectivity index (χ2v) is 7.68. The summed E-state index contributed by atoms with van der Waals surface area (Å²) in [7, 11) is 0. The number of unbranched alkanes of at least 4 members (excludes halogenated alkanes) is 6. The molecule has 0 spiro atoms. The molecular formula is C23H36O4. The van der Waals surface area contributed by atoms with E-state index in [1.54, 1.807) is 24.3 Å². The van der Waals surface area contributed by atoms with E-state index in [0.29, 0.717) is 23.7 Å². The van der Waals surface area contributed by atoms with E-state index in [9.17, 15) is 9.59 Å². The Balaban J connectivity index is 2.31. The molecule has 0 heterocycles. The largest absolute Gasteiger partial charge is 0.462 e. The number of hydrogen-bond donors (Lipinski definition) is 0. The van der Waals surface area contributed by atoms with Gasteiger partial charge in [0.2, 0.25) is 0 Å². The lowest BCUT2D eigenvalue weighted by Gasteiger charge is -2.15. The van der Waals surface area contributed by atoms with Crippen LogP contribution in [0, 0.1) is 5.92 Å². The number of benzene rings is 1. The van der Waals surface area contributed by atoms with Crippen LogP contribution >= 0.6 is 0 Å². The van der Waals surface area contributed by atoms with Crippen molar-refractivity contribution in [3.05, 3.63) is 35.4 Å². The minimum Gasteiger partial charge on any atom is -0.462 e. The quantitative estimate of drug-likeness (QED) is 0.304. The molecule has 152 valence electrons. The lowest BCUT2D eigenvalue weighted by molar-refractivity contribution is 0.0298. The van der Waals surface area contributed by atoms with Crippen LogP contribution in [0.4, 0.5) is 0 Å². The zero-order chi connectivity index (χ0) is 20.1. The van der Waals surface area contributed by atoms with Gasteiger partial charge < -0.3 is 9.47 Å². The molecule has 0 N–H and O–H groups in total.